The maximum absolute atomic E-state index is 12.9. The Hall–Kier alpha value is -2.04. The lowest BCUT2D eigenvalue weighted by Crippen LogP contribution is -2.48. The van der Waals surface area contributed by atoms with E-state index >= 15 is 0 Å². The molecule has 0 fully saturated rings. The maximum Gasteiger partial charge on any atom is 0.251 e. The Balaban J connectivity index is 2.26. The molecule has 1 aliphatic rings. The first kappa shape index (κ1) is 20.3. The van der Waals surface area contributed by atoms with E-state index in [2.05, 4.69) is 37.9 Å². The van der Waals surface area contributed by atoms with E-state index in [0.717, 1.165) is 36.2 Å². The lowest BCUT2D eigenvalue weighted by atomic mass is 9.95. The third-order valence-electron chi connectivity index (χ3n) is 4.74. The first-order valence-corrected chi connectivity index (χ1v) is 9.71. The number of nitrogens with zero attached hydrogens (tertiary/aromatic N) is 2. The molecule has 1 aromatic carbocycles. The molecule has 5 nitrogen and oxygen atoms in total. The van der Waals surface area contributed by atoms with Gasteiger partial charge in [0.2, 0.25) is 5.91 Å². The van der Waals surface area contributed by atoms with Crippen LogP contribution in [0, 0.1) is 0 Å². The fraction of sp³-hybridized carbons (Fsp3) is 0.619. The molecule has 0 aromatic heterocycles. The fourth-order valence-corrected chi connectivity index (χ4v) is 3.83. The van der Waals surface area contributed by atoms with E-state index in [1.54, 1.807) is 0 Å². The summed E-state index contributed by atoms with van der Waals surface area (Å²) in [5, 5.41) is 2.98. The van der Waals surface area contributed by atoms with Crippen molar-refractivity contribution < 1.29 is 9.59 Å². The quantitative estimate of drug-likeness (QED) is 0.848. The van der Waals surface area contributed by atoms with Crippen LogP contribution in [0.5, 0.6) is 0 Å². The minimum absolute atomic E-state index is 0.0315. The Morgan fingerprint density at radius 3 is 2.35 bits per heavy atom. The summed E-state index contributed by atoms with van der Waals surface area (Å²) in [4.78, 5) is 29.5. The standard InChI is InChI=1S/C21H33N3O2/c1-14(2)22-21(26)18-9-7-11-19-17(18)10-8-12-23(19)13-20(25)24(15(3)4)16(5)6/h7,9,11,14-16H,8,10,12-13H2,1-6H3,(H,22,26). The number of amides is 2. The van der Waals surface area contributed by atoms with Gasteiger partial charge in [0.25, 0.3) is 5.91 Å². The molecule has 2 amide bonds. The number of benzene rings is 1. The lowest BCUT2D eigenvalue weighted by Gasteiger charge is -2.36. The average molecular weight is 360 g/mol. The Labute approximate surface area is 157 Å². The first-order chi connectivity index (χ1) is 12.2. The van der Waals surface area contributed by atoms with Crippen molar-refractivity contribution in [3.63, 3.8) is 0 Å². The second kappa shape index (κ2) is 8.56. The normalized spacial score (nSPS) is 14.0. The molecule has 0 radical (unpaired) electrons. The van der Waals surface area contributed by atoms with Crippen LogP contribution in [0.3, 0.4) is 0 Å². The van der Waals surface area contributed by atoms with E-state index < -0.39 is 0 Å². The van der Waals surface area contributed by atoms with Crippen LogP contribution in [0.4, 0.5) is 5.69 Å². The van der Waals surface area contributed by atoms with Gasteiger partial charge in [0, 0.05) is 35.9 Å². The monoisotopic (exact) mass is 359 g/mol. The number of hydrogen-bond acceptors (Lipinski definition) is 3. The van der Waals surface area contributed by atoms with Gasteiger partial charge in [-0.25, -0.2) is 0 Å². The number of carbonyl (C=O) groups excluding carboxylic acids is 2. The highest BCUT2D eigenvalue weighted by atomic mass is 16.2. The number of hydrogen-bond donors (Lipinski definition) is 1. The predicted molar refractivity (Wildman–Crippen MR) is 107 cm³/mol. The Morgan fingerprint density at radius 2 is 1.77 bits per heavy atom. The summed E-state index contributed by atoms with van der Waals surface area (Å²) in [5.74, 6) is 0.107. The number of carbonyl (C=O) groups is 2. The maximum atomic E-state index is 12.9. The molecule has 1 heterocycles. The predicted octanol–water partition coefficient (Wildman–Crippen LogP) is 3.22. The summed E-state index contributed by atoms with van der Waals surface area (Å²) < 4.78 is 0. The van der Waals surface area contributed by atoms with Crippen LogP contribution in [0.15, 0.2) is 18.2 Å². The zero-order valence-corrected chi connectivity index (χ0v) is 17.0. The third kappa shape index (κ3) is 4.57. The molecule has 1 N–H and O–H groups in total. The summed E-state index contributed by atoms with van der Waals surface area (Å²) in [6.07, 6.45) is 1.83. The largest absolute Gasteiger partial charge is 0.362 e. The van der Waals surface area contributed by atoms with Crippen LogP contribution in [0.1, 0.15) is 63.9 Å². The molecule has 0 saturated carbocycles. The molecule has 0 spiro atoms. The minimum atomic E-state index is -0.0315. The molecule has 144 valence electrons. The van der Waals surface area contributed by atoms with Gasteiger partial charge in [-0.1, -0.05) is 6.07 Å². The van der Waals surface area contributed by atoms with Gasteiger partial charge in [0.05, 0.1) is 6.54 Å². The van der Waals surface area contributed by atoms with Crippen LogP contribution in [0.2, 0.25) is 0 Å². The first-order valence-electron chi connectivity index (χ1n) is 9.71. The SMILES string of the molecule is CC(C)NC(=O)c1cccc2c1CCCN2CC(=O)N(C(C)C)C(C)C. The Morgan fingerprint density at radius 1 is 1.12 bits per heavy atom. The molecule has 0 atom stereocenters. The highest BCUT2D eigenvalue weighted by Crippen LogP contribution is 2.30. The van der Waals surface area contributed by atoms with Crippen molar-refractivity contribution in [1.82, 2.24) is 10.2 Å². The van der Waals surface area contributed by atoms with E-state index in [1.807, 2.05) is 36.9 Å². The van der Waals surface area contributed by atoms with Crippen LogP contribution >= 0.6 is 0 Å². The van der Waals surface area contributed by atoms with Crippen molar-refractivity contribution in [3.05, 3.63) is 29.3 Å². The highest BCUT2D eigenvalue weighted by Gasteiger charge is 2.27. The smallest absolute Gasteiger partial charge is 0.251 e. The average Bonchev–Trinajstić information content (AvgIpc) is 2.53. The summed E-state index contributed by atoms with van der Waals surface area (Å²) in [5.41, 5.74) is 2.82. The summed E-state index contributed by atoms with van der Waals surface area (Å²) in [7, 11) is 0. The number of anilines is 1. The molecule has 1 aliphatic heterocycles. The van der Waals surface area contributed by atoms with Gasteiger partial charge in [-0.05, 0) is 72.1 Å². The molecule has 26 heavy (non-hydrogen) atoms. The van der Waals surface area contributed by atoms with Gasteiger partial charge in [0.1, 0.15) is 0 Å². The zero-order chi connectivity index (χ0) is 19.4. The second-order valence-corrected chi connectivity index (χ2v) is 7.95. The molecule has 0 bridgehead atoms. The Kier molecular flexibility index (Phi) is 6.68. The van der Waals surface area contributed by atoms with Crippen molar-refractivity contribution in [3.8, 4) is 0 Å². The molecular formula is C21H33N3O2. The van der Waals surface area contributed by atoms with Crippen molar-refractivity contribution in [1.29, 1.82) is 0 Å². The minimum Gasteiger partial charge on any atom is -0.362 e. The Bertz CT molecular complexity index is 645. The molecule has 0 saturated heterocycles. The van der Waals surface area contributed by atoms with E-state index in [4.69, 9.17) is 0 Å². The summed E-state index contributed by atoms with van der Waals surface area (Å²) in [6.45, 7) is 13.3. The number of rotatable bonds is 6. The van der Waals surface area contributed by atoms with Crippen LogP contribution in [0.25, 0.3) is 0 Å². The van der Waals surface area contributed by atoms with E-state index in [-0.39, 0.29) is 29.9 Å². The topological polar surface area (TPSA) is 52.7 Å². The van der Waals surface area contributed by atoms with Gasteiger partial charge in [-0.3, -0.25) is 9.59 Å². The van der Waals surface area contributed by atoms with Gasteiger partial charge < -0.3 is 15.1 Å². The lowest BCUT2D eigenvalue weighted by molar-refractivity contribution is -0.133. The third-order valence-corrected chi connectivity index (χ3v) is 4.74. The highest BCUT2D eigenvalue weighted by molar-refractivity contribution is 5.97. The van der Waals surface area contributed by atoms with Crippen molar-refractivity contribution in [2.75, 3.05) is 18.0 Å². The molecule has 1 aromatic rings. The van der Waals surface area contributed by atoms with Crippen molar-refractivity contribution >= 4 is 17.5 Å². The molecule has 2 rings (SSSR count). The summed E-state index contributed by atoms with van der Waals surface area (Å²) >= 11 is 0. The zero-order valence-electron chi connectivity index (χ0n) is 17.0. The van der Waals surface area contributed by atoms with Gasteiger partial charge >= 0.3 is 0 Å². The van der Waals surface area contributed by atoms with Gasteiger partial charge in [-0.15, -0.1) is 0 Å². The molecular weight excluding hydrogens is 326 g/mol. The van der Waals surface area contributed by atoms with Gasteiger partial charge in [0.15, 0.2) is 0 Å². The van der Waals surface area contributed by atoms with E-state index in [1.165, 1.54) is 0 Å². The van der Waals surface area contributed by atoms with Crippen LogP contribution in [-0.4, -0.2) is 47.9 Å². The van der Waals surface area contributed by atoms with Gasteiger partial charge in [-0.2, -0.15) is 0 Å². The van der Waals surface area contributed by atoms with E-state index in [9.17, 15) is 9.59 Å². The van der Waals surface area contributed by atoms with Crippen molar-refractivity contribution in [2.45, 2.75) is 72.5 Å². The molecule has 5 heteroatoms. The van der Waals surface area contributed by atoms with E-state index in [0.29, 0.717) is 6.54 Å². The summed E-state index contributed by atoms with van der Waals surface area (Å²) in [6, 6.07) is 6.29. The number of fused-ring (bicyclic) bond motifs is 1. The molecule has 0 aliphatic carbocycles. The fourth-order valence-electron chi connectivity index (χ4n) is 3.83. The molecule has 0 unspecified atom stereocenters. The van der Waals surface area contributed by atoms with Crippen LogP contribution < -0.4 is 10.2 Å². The number of nitrogens with one attached hydrogen (secondary N) is 1. The second-order valence-electron chi connectivity index (χ2n) is 7.95. The van der Waals surface area contributed by atoms with Crippen LogP contribution in [-0.2, 0) is 11.2 Å². The van der Waals surface area contributed by atoms with Crippen molar-refractivity contribution in [2.24, 2.45) is 0 Å².